The summed E-state index contributed by atoms with van der Waals surface area (Å²) in [5, 5.41) is 5.21. The van der Waals surface area contributed by atoms with Gasteiger partial charge in [0.2, 0.25) is 0 Å². The zero-order chi connectivity index (χ0) is 11.0. The molecule has 0 radical (unpaired) electrons. The summed E-state index contributed by atoms with van der Waals surface area (Å²) in [5.74, 6) is 0.671. The molecule has 15 heavy (non-hydrogen) atoms. The van der Waals surface area contributed by atoms with E-state index in [-0.39, 0.29) is 0 Å². The monoisotopic (exact) mass is 305 g/mol. The average Bonchev–Trinajstić information content (AvgIpc) is 2.49. The van der Waals surface area contributed by atoms with Crippen LogP contribution in [-0.2, 0) is 0 Å². The van der Waals surface area contributed by atoms with Gasteiger partial charge in [0.05, 0.1) is 10.0 Å². The van der Waals surface area contributed by atoms with Gasteiger partial charge in [0.25, 0.3) is 0 Å². The van der Waals surface area contributed by atoms with E-state index in [0.717, 1.165) is 4.47 Å². The summed E-state index contributed by atoms with van der Waals surface area (Å²) in [4.78, 5) is 4.02. The van der Waals surface area contributed by atoms with Crippen LogP contribution in [0, 0.1) is 6.92 Å². The number of aryl methyl sites for hydroxylation is 1. The fourth-order valence-corrected chi connectivity index (χ4v) is 2.59. The van der Waals surface area contributed by atoms with Crippen LogP contribution in [-0.4, -0.2) is 14.8 Å². The first-order valence-corrected chi connectivity index (χ1v) is 5.66. The van der Waals surface area contributed by atoms with E-state index in [4.69, 9.17) is 23.2 Å². The number of aromatic nitrogens is 3. The maximum Gasteiger partial charge on any atom is 0.147 e. The molecule has 3 nitrogen and oxygen atoms in total. The predicted molar refractivity (Wildman–Crippen MR) is 63.8 cm³/mol. The Morgan fingerprint density at radius 2 is 1.87 bits per heavy atom. The van der Waals surface area contributed by atoms with Crippen molar-refractivity contribution in [2.75, 3.05) is 0 Å². The highest BCUT2D eigenvalue weighted by molar-refractivity contribution is 9.10. The molecule has 0 atom stereocenters. The van der Waals surface area contributed by atoms with Crippen molar-refractivity contribution in [2.45, 2.75) is 6.92 Å². The van der Waals surface area contributed by atoms with Crippen molar-refractivity contribution in [3.05, 3.63) is 38.8 Å². The zero-order valence-electron chi connectivity index (χ0n) is 7.71. The van der Waals surface area contributed by atoms with Gasteiger partial charge in [0.15, 0.2) is 0 Å². The SMILES string of the molecule is Cc1ncn(-c2c(Cl)cc(Br)cc2Cl)n1. The zero-order valence-corrected chi connectivity index (χ0v) is 10.8. The van der Waals surface area contributed by atoms with Crippen LogP contribution >= 0.6 is 39.1 Å². The highest BCUT2D eigenvalue weighted by Crippen LogP contribution is 2.31. The van der Waals surface area contributed by atoms with Crippen LogP contribution in [0.4, 0.5) is 0 Å². The minimum Gasteiger partial charge on any atom is -0.220 e. The molecule has 0 fully saturated rings. The fraction of sp³-hybridized carbons (Fsp3) is 0.111. The summed E-state index contributed by atoms with van der Waals surface area (Å²) in [6.45, 7) is 1.80. The van der Waals surface area contributed by atoms with E-state index in [1.54, 1.807) is 30.1 Å². The van der Waals surface area contributed by atoms with Crippen molar-refractivity contribution in [2.24, 2.45) is 0 Å². The molecule has 0 amide bonds. The van der Waals surface area contributed by atoms with Crippen LogP contribution in [0.3, 0.4) is 0 Å². The lowest BCUT2D eigenvalue weighted by Crippen LogP contribution is -1.97. The van der Waals surface area contributed by atoms with Gasteiger partial charge in [-0.2, -0.15) is 5.10 Å². The third-order valence-electron chi connectivity index (χ3n) is 1.82. The molecule has 0 aliphatic carbocycles. The van der Waals surface area contributed by atoms with Crippen molar-refractivity contribution in [1.82, 2.24) is 14.8 Å². The number of hydrogen-bond donors (Lipinski definition) is 0. The van der Waals surface area contributed by atoms with Gasteiger partial charge in [-0.15, -0.1) is 0 Å². The summed E-state index contributed by atoms with van der Waals surface area (Å²) >= 11 is 15.5. The largest absolute Gasteiger partial charge is 0.220 e. The first-order valence-electron chi connectivity index (χ1n) is 4.11. The Morgan fingerprint density at radius 1 is 1.27 bits per heavy atom. The Kier molecular flexibility index (Phi) is 3.00. The number of nitrogens with zero attached hydrogens (tertiary/aromatic N) is 3. The summed E-state index contributed by atoms with van der Waals surface area (Å²) in [6, 6.07) is 3.53. The van der Waals surface area contributed by atoms with Crippen molar-refractivity contribution in [3.8, 4) is 5.69 Å². The molecule has 0 unspecified atom stereocenters. The molecule has 0 saturated heterocycles. The van der Waals surface area contributed by atoms with Crippen molar-refractivity contribution < 1.29 is 0 Å². The number of benzene rings is 1. The van der Waals surface area contributed by atoms with Gasteiger partial charge in [-0.25, -0.2) is 9.67 Å². The van der Waals surface area contributed by atoms with Gasteiger partial charge in [0.1, 0.15) is 17.8 Å². The number of halogens is 3. The third kappa shape index (κ3) is 2.17. The van der Waals surface area contributed by atoms with E-state index in [1.807, 2.05) is 0 Å². The molecule has 1 aromatic heterocycles. The van der Waals surface area contributed by atoms with Crippen LogP contribution in [0.2, 0.25) is 10.0 Å². The van der Waals surface area contributed by atoms with Gasteiger partial charge < -0.3 is 0 Å². The van der Waals surface area contributed by atoms with Crippen LogP contribution in [0.5, 0.6) is 0 Å². The smallest absolute Gasteiger partial charge is 0.147 e. The molecule has 2 rings (SSSR count). The van der Waals surface area contributed by atoms with E-state index in [1.165, 1.54) is 0 Å². The van der Waals surface area contributed by atoms with E-state index in [2.05, 4.69) is 26.0 Å². The second kappa shape index (κ2) is 4.12. The summed E-state index contributed by atoms with van der Waals surface area (Å²) in [5.41, 5.74) is 0.641. The van der Waals surface area contributed by atoms with E-state index < -0.39 is 0 Å². The molecular weight excluding hydrogens is 301 g/mol. The molecule has 0 aliphatic rings. The van der Waals surface area contributed by atoms with E-state index in [9.17, 15) is 0 Å². The first kappa shape index (κ1) is 10.9. The van der Waals surface area contributed by atoms with Gasteiger partial charge in [-0.3, -0.25) is 0 Å². The average molecular weight is 307 g/mol. The molecule has 0 aliphatic heterocycles. The van der Waals surface area contributed by atoms with Gasteiger partial charge in [-0.1, -0.05) is 39.1 Å². The van der Waals surface area contributed by atoms with Gasteiger partial charge in [-0.05, 0) is 19.1 Å². The second-order valence-corrected chi connectivity index (χ2v) is 4.68. The molecule has 1 aromatic carbocycles. The minimum atomic E-state index is 0.527. The molecule has 0 spiro atoms. The van der Waals surface area contributed by atoms with Crippen LogP contribution < -0.4 is 0 Å². The van der Waals surface area contributed by atoms with Gasteiger partial charge in [0, 0.05) is 4.47 Å². The Morgan fingerprint density at radius 3 is 2.33 bits per heavy atom. The van der Waals surface area contributed by atoms with Crippen LogP contribution in [0.15, 0.2) is 22.9 Å². The molecule has 78 valence electrons. The Labute approximate surface area is 105 Å². The Balaban J connectivity index is 2.62. The summed E-state index contributed by atoms with van der Waals surface area (Å²) < 4.78 is 2.39. The molecule has 0 N–H and O–H groups in total. The van der Waals surface area contributed by atoms with Crippen LogP contribution in [0.25, 0.3) is 5.69 Å². The standard InChI is InChI=1S/C9H6BrCl2N3/c1-5-13-4-15(14-5)9-7(11)2-6(10)3-8(9)12/h2-4H,1H3. The lowest BCUT2D eigenvalue weighted by Gasteiger charge is -2.06. The lowest BCUT2D eigenvalue weighted by atomic mass is 10.3. The first-order chi connectivity index (χ1) is 7.08. The molecular formula is C9H6BrCl2N3. The van der Waals surface area contributed by atoms with Crippen molar-refractivity contribution in [1.29, 1.82) is 0 Å². The molecule has 1 heterocycles. The topological polar surface area (TPSA) is 30.7 Å². The molecule has 6 heteroatoms. The van der Waals surface area contributed by atoms with Crippen LogP contribution in [0.1, 0.15) is 5.82 Å². The highest BCUT2D eigenvalue weighted by atomic mass is 79.9. The Bertz CT molecular complexity index is 487. The Hall–Kier alpha value is -0.580. The molecule has 2 aromatic rings. The summed E-state index contributed by atoms with van der Waals surface area (Å²) in [7, 11) is 0. The highest BCUT2D eigenvalue weighted by Gasteiger charge is 2.10. The maximum absolute atomic E-state index is 6.08. The fourth-order valence-electron chi connectivity index (χ4n) is 1.21. The summed E-state index contributed by atoms with van der Waals surface area (Å²) in [6.07, 6.45) is 1.58. The number of hydrogen-bond acceptors (Lipinski definition) is 2. The van der Waals surface area contributed by atoms with E-state index >= 15 is 0 Å². The molecule has 0 bridgehead atoms. The van der Waals surface area contributed by atoms with E-state index in [0.29, 0.717) is 21.6 Å². The minimum absolute atomic E-state index is 0.527. The lowest BCUT2D eigenvalue weighted by molar-refractivity contribution is 0.863. The quantitative estimate of drug-likeness (QED) is 0.805. The predicted octanol–water partition coefficient (Wildman–Crippen LogP) is 3.65. The van der Waals surface area contributed by atoms with Crippen molar-refractivity contribution >= 4 is 39.1 Å². The van der Waals surface area contributed by atoms with Crippen molar-refractivity contribution in [3.63, 3.8) is 0 Å². The molecule has 0 saturated carbocycles. The normalized spacial score (nSPS) is 10.7. The maximum atomic E-state index is 6.08. The third-order valence-corrected chi connectivity index (χ3v) is 2.85. The van der Waals surface area contributed by atoms with Gasteiger partial charge >= 0.3 is 0 Å². The second-order valence-electron chi connectivity index (χ2n) is 2.95. The number of rotatable bonds is 1.